The van der Waals surface area contributed by atoms with E-state index in [2.05, 4.69) is 10.2 Å². The van der Waals surface area contributed by atoms with Crippen LogP contribution in [0.25, 0.3) is 27.0 Å². The topological polar surface area (TPSA) is 125 Å². The Bertz CT molecular complexity index is 1450. The summed E-state index contributed by atoms with van der Waals surface area (Å²) in [6.45, 7) is -2.52. The highest BCUT2D eigenvalue weighted by Crippen LogP contribution is 2.39. The van der Waals surface area contributed by atoms with E-state index in [9.17, 15) is 23.2 Å². The molecule has 0 spiro atoms. The molecule has 0 bridgehead atoms. The first-order chi connectivity index (χ1) is 17.3. The van der Waals surface area contributed by atoms with Crippen LogP contribution in [0.2, 0.25) is 0 Å². The minimum atomic E-state index is -3.10. The van der Waals surface area contributed by atoms with Crippen molar-refractivity contribution in [3.8, 4) is 22.7 Å². The van der Waals surface area contributed by atoms with Crippen molar-refractivity contribution in [1.29, 1.82) is 0 Å². The molecule has 10 nitrogen and oxygen atoms in total. The molecule has 186 valence electrons. The van der Waals surface area contributed by atoms with Gasteiger partial charge in [0.15, 0.2) is 0 Å². The smallest absolute Gasteiger partial charge is 0.387 e. The molecule has 3 aromatic heterocycles. The van der Waals surface area contributed by atoms with Crippen molar-refractivity contribution in [3.63, 3.8) is 0 Å². The summed E-state index contributed by atoms with van der Waals surface area (Å²) in [6.07, 6.45) is 5.43. The predicted octanol–water partition coefficient (Wildman–Crippen LogP) is 2.84. The second-order valence-electron chi connectivity index (χ2n) is 8.17. The van der Waals surface area contributed by atoms with E-state index in [1.807, 2.05) is 0 Å². The second kappa shape index (κ2) is 9.49. The monoisotopic (exact) mass is 514 g/mol. The average molecular weight is 515 g/mol. The van der Waals surface area contributed by atoms with Crippen LogP contribution in [0.1, 0.15) is 22.5 Å². The summed E-state index contributed by atoms with van der Waals surface area (Å²) in [5.74, 6) is -0.872. The lowest BCUT2D eigenvalue weighted by atomic mass is 10.1. The number of amides is 2. The van der Waals surface area contributed by atoms with E-state index < -0.39 is 12.5 Å². The quantitative estimate of drug-likeness (QED) is 0.404. The number of Topliss-reactive ketones (excluding diaryl/α,β-unsaturated/α-hetero) is 1. The Labute approximate surface area is 206 Å². The molecule has 5 rings (SSSR count). The standard InChI is InChI=1S/C23H20F2N6O4S/c24-23(25)35-17-8-13-9-19(22(26)34)36-18(13)10-15(17)21-16(31-5-1-4-27-31)11-30(28-21)12-20(33)29-6-2-14(32)3-7-29/h1,4-5,8-11,23H,2-3,6-7,12H2,(H2,26,34). The third-order valence-corrected chi connectivity index (χ3v) is 6.91. The van der Waals surface area contributed by atoms with E-state index in [4.69, 9.17) is 10.5 Å². The zero-order valence-corrected chi connectivity index (χ0v) is 19.6. The maximum atomic E-state index is 13.3. The molecule has 1 fully saturated rings. The zero-order valence-electron chi connectivity index (χ0n) is 18.8. The fraction of sp³-hybridized carbons (Fsp3) is 0.261. The van der Waals surface area contributed by atoms with Crippen molar-refractivity contribution in [3.05, 3.63) is 47.7 Å². The number of fused-ring (bicyclic) bond motifs is 1. The van der Waals surface area contributed by atoms with E-state index in [0.717, 1.165) is 11.3 Å². The van der Waals surface area contributed by atoms with Crippen LogP contribution in [0, 0.1) is 0 Å². The largest absolute Gasteiger partial charge is 0.434 e. The van der Waals surface area contributed by atoms with Gasteiger partial charge in [-0.15, -0.1) is 11.3 Å². The number of thiophene rings is 1. The first-order valence-electron chi connectivity index (χ1n) is 11.0. The Kier molecular flexibility index (Phi) is 6.22. The van der Waals surface area contributed by atoms with Crippen LogP contribution in [0.5, 0.6) is 5.75 Å². The summed E-state index contributed by atoms with van der Waals surface area (Å²) in [5, 5.41) is 9.28. The van der Waals surface area contributed by atoms with Gasteiger partial charge >= 0.3 is 6.61 Å². The molecule has 1 saturated heterocycles. The molecule has 4 aromatic rings. The first-order valence-corrected chi connectivity index (χ1v) is 11.8. The number of benzene rings is 1. The molecule has 1 aliphatic rings. The highest BCUT2D eigenvalue weighted by molar-refractivity contribution is 7.20. The molecular formula is C23H20F2N6O4S. The second-order valence-corrected chi connectivity index (χ2v) is 9.25. The van der Waals surface area contributed by atoms with Gasteiger partial charge in [-0.25, -0.2) is 4.68 Å². The number of alkyl halides is 2. The minimum Gasteiger partial charge on any atom is -0.434 e. The molecule has 0 radical (unpaired) electrons. The molecule has 0 atom stereocenters. The van der Waals surface area contributed by atoms with E-state index in [0.29, 0.717) is 41.7 Å². The zero-order chi connectivity index (χ0) is 25.4. The van der Waals surface area contributed by atoms with Gasteiger partial charge in [-0.3, -0.25) is 19.1 Å². The molecule has 0 aliphatic carbocycles. The number of hydrogen-bond donors (Lipinski definition) is 1. The third-order valence-electron chi connectivity index (χ3n) is 5.80. The first kappa shape index (κ1) is 23.6. The Morgan fingerprint density at radius 3 is 2.64 bits per heavy atom. The van der Waals surface area contributed by atoms with Crippen LogP contribution in [0.15, 0.2) is 42.9 Å². The maximum absolute atomic E-state index is 13.3. The normalized spacial score (nSPS) is 14.1. The SMILES string of the molecule is NC(=O)c1cc2cc(OC(F)F)c(-c3nn(CC(=O)N4CCC(=O)CC4)cc3-n3cccn3)cc2s1. The molecule has 2 amide bonds. The Hall–Kier alpha value is -4.13. The van der Waals surface area contributed by atoms with Crippen LogP contribution >= 0.6 is 11.3 Å². The summed E-state index contributed by atoms with van der Waals surface area (Å²) in [5.41, 5.74) is 6.32. The summed E-state index contributed by atoms with van der Waals surface area (Å²) < 4.78 is 35.0. The van der Waals surface area contributed by atoms with Crippen LogP contribution < -0.4 is 10.5 Å². The van der Waals surface area contributed by atoms with Crippen molar-refractivity contribution in [2.75, 3.05) is 13.1 Å². The van der Waals surface area contributed by atoms with Crippen molar-refractivity contribution >= 4 is 39.0 Å². The number of ether oxygens (including phenoxy) is 1. The molecule has 2 N–H and O–H groups in total. The van der Waals surface area contributed by atoms with Crippen LogP contribution in [-0.4, -0.2) is 61.8 Å². The van der Waals surface area contributed by atoms with Gasteiger partial charge in [-0.05, 0) is 29.7 Å². The number of nitrogens with two attached hydrogens (primary N) is 1. The van der Waals surface area contributed by atoms with Gasteiger partial charge in [-0.1, -0.05) is 0 Å². The number of likely N-dealkylation sites (tertiary alicyclic amines) is 1. The van der Waals surface area contributed by atoms with Crippen LogP contribution in [0.4, 0.5) is 8.78 Å². The molecule has 4 heterocycles. The number of nitrogens with zero attached hydrogens (tertiary/aromatic N) is 5. The predicted molar refractivity (Wildman–Crippen MR) is 126 cm³/mol. The summed E-state index contributed by atoms with van der Waals surface area (Å²) in [7, 11) is 0. The molecule has 0 saturated carbocycles. The van der Waals surface area contributed by atoms with E-state index in [1.165, 1.54) is 21.5 Å². The van der Waals surface area contributed by atoms with Gasteiger partial charge in [0.05, 0.1) is 11.1 Å². The Morgan fingerprint density at radius 1 is 1.19 bits per heavy atom. The average Bonchev–Trinajstić information content (AvgIpc) is 3.58. The van der Waals surface area contributed by atoms with E-state index in [1.54, 1.807) is 35.6 Å². The summed E-state index contributed by atoms with van der Waals surface area (Å²) in [4.78, 5) is 37.9. The summed E-state index contributed by atoms with van der Waals surface area (Å²) in [6, 6.07) is 6.21. The molecule has 13 heteroatoms. The number of piperidine rings is 1. The Morgan fingerprint density at radius 2 is 1.97 bits per heavy atom. The van der Waals surface area contributed by atoms with Crippen molar-refractivity contribution in [2.24, 2.45) is 5.73 Å². The number of aromatic nitrogens is 4. The fourth-order valence-corrected chi connectivity index (χ4v) is 5.01. The van der Waals surface area contributed by atoms with E-state index >= 15 is 0 Å². The fourth-order valence-electron chi connectivity index (χ4n) is 4.07. The number of rotatable bonds is 7. The van der Waals surface area contributed by atoms with Gasteiger partial charge in [0.2, 0.25) is 5.91 Å². The number of hydrogen-bond acceptors (Lipinski definition) is 7. The van der Waals surface area contributed by atoms with Gasteiger partial charge in [-0.2, -0.15) is 19.0 Å². The number of primary amides is 1. The molecule has 1 aliphatic heterocycles. The molecule has 1 aromatic carbocycles. The van der Waals surface area contributed by atoms with Gasteiger partial charge in [0, 0.05) is 48.6 Å². The number of ketones is 1. The lowest BCUT2D eigenvalue weighted by Crippen LogP contribution is -2.40. The van der Waals surface area contributed by atoms with Gasteiger partial charge in [0.1, 0.15) is 29.5 Å². The Balaban J connectivity index is 1.58. The molecular weight excluding hydrogens is 494 g/mol. The van der Waals surface area contributed by atoms with Crippen molar-refractivity contribution in [2.45, 2.75) is 26.0 Å². The van der Waals surface area contributed by atoms with Crippen LogP contribution in [0.3, 0.4) is 0 Å². The molecule has 0 unspecified atom stereocenters. The van der Waals surface area contributed by atoms with Crippen molar-refractivity contribution < 1.29 is 27.9 Å². The van der Waals surface area contributed by atoms with Crippen LogP contribution in [-0.2, 0) is 16.1 Å². The van der Waals surface area contributed by atoms with Crippen molar-refractivity contribution in [1.82, 2.24) is 24.5 Å². The maximum Gasteiger partial charge on any atom is 0.387 e. The molecule has 36 heavy (non-hydrogen) atoms. The van der Waals surface area contributed by atoms with Gasteiger partial charge < -0.3 is 15.4 Å². The summed E-state index contributed by atoms with van der Waals surface area (Å²) >= 11 is 1.12. The number of carbonyl (C=O) groups is 3. The van der Waals surface area contributed by atoms with Gasteiger partial charge in [0.25, 0.3) is 5.91 Å². The lowest BCUT2D eigenvalue weighted by Gasteiger charge is -2.25. The minimum absolute atomic E-state index is 0.111. The highest BCUT2D eigenvalue weighted by Gasteiger charge is 2.24. The number of carbonyl (C=O) groups excluding carboxylic acids is 3. The highest BCUT2D eigenvalue weighted by atomic mass is 32.1. The van der Waals surface area contributed by atoms with E-state index in [-0.39, 0.29) is 40.1 Å². The number of halogens is 2. The lowest BCUT2D eigenvalue weighted by molar-refractivity contribution is -0.135. The third kappa shape index (κ3) is 4.69.